The molecular formula is C40H44N6O2. The van der Waals surface area contributed by atoms with E-state index < -0.39 is 0 Å². The quantitative estimate of drug-likeness (QED) is 0.0560. The lowest BCUT2D eigenvalue weighted by Crippen LogP contribution is -2.27. The third-order valence-electron chi connectivity index (χ3n) is 8.28. The summed E-state index contributed by atoms with van der Waals surface area (Å²) in [5.41, 5.74) is 7.36. The van der Waals surface area contributed by atoms with Crippen LogP contribution in [0.1, 0.15) is 37.8 Å². The van der Waals surface area contributed by atoms with Gasteiger partial charge in [0.2, 0.25) is 11.8 Å². The van der Waals surface area contributed by atoms with Crippen molar-refractivity contribution in [3.05, 3.63) is 121 Å². The van der Waals surface area contributed by atoms with E-state index in [0.29, 0.717) is 37.3 Å². The van der Waals surface area contributed by atoms with E-state index in [1.54, 1.807) is 20.0 Å². The highest BCUT2D eigenvalue weighted by Crippen LogP contribution is 2.36. The van der Waals surface area contributed by atoms with Gasteiger partial charge in [-0.1, -0.05) is 55.6 Å². The van der Waals surface area contributed by atoms with Crippen LogP contribution in [-0.4, -0.2) is 48.0 Å². The second-order valence-electron chi connectivity index (χ2n) is 12.0. The zero-order valence-corrected chi connectivity index (χ0v) is 27.9. The number of amides is 2. The molecule has 246 valence electrons. The molecule has 0 radical (unpaired) electrons. The second kappa shape index (κ2) is 16.6. The molecule has 8 heteroatoms. The number of hydrogen-bond donors (Lipinski definition) is 4. The standard InChI is InChI=1S/C40H44N6O2/c1-27(2)39(47)45-20-9-17-41-25-35-31-11-5-6-12-32(31)36(26-42-18-10-21-46-40(48)28(3)4)34-23-29(14-15-33(34)35)30-16-22-44-38(24-30)37-13-7-8-19-43-37/h5-8,11-16,19,22-24,41-42H,1,3,9-10,17-18,20-21,25-26H2,2,4H3,(H,45,47)(H,46,48). The molecule has 0 fully saturated rings. The van der Waals surface area contributed by atoms with E-state index in [4.69, 9.17) is 0 Å². The zero-order chi connectivity index (χ0) is 33.9. The number of nitrogens with one attached hydrogen (secondary N) is 4. The van der Waals surface area contributed by atoms with E-state index in [2.05, 4.69) is 92.9 Å². The van der Waals surface area contributed by atoms with Crippen molar-refractivity contribution in [2.24, 2.45) is 0 Å². The van der Waals surface area contributed by atoms with E-state index >= 15 is 0 Å². The highest BCUT2D eigenvalue weighted by molar-refractivity contribution is 6.07. The average Bonchev–Trinajstić information content (AvgIpc) is 3.11. The largest absolute Gasteiger partial charge is 0.352 e. The van der Waals surface area contributed by atoms with Crippen LogP contribution < -0.4 is 21.3 Å². The van der Waals surface area contributed by atoms with Crippen LogP contribution in [0.25, 0.3) is 44.1 Å². The molecule has 48 heavy (non-hydrogen) atoms. The van der Waals surface area contributed by atoms with Gasteiger partial charge in [-0.2, -0.15) is 0 Å². The van der Waals surface area contributed by atoms with Crippen LogP contribution in [-0.2, 0) is 22.7 Å². The minimum absolute atomic E-state index is 0.107. The van der Waals surface area contributed by atoms with E-state index in [9.17, 15) is 9.59 Å². The molecule has 0 aliphatic rings. The highest BCUT2D eigenvalue weighted by Gasteiger charge is 2.15. The maximum Gasteiger partial charge on any atom is 0.246 e. The Balaban J connectivity index is 1.45. The lowest BCUT2D eigenvalue weighted by atomic mass is 9.89. The predicted molar refractivity (Wildman–Crippen MR) is 196 cm³/mol. The summed E-state index contributed by atoms with van der Waals surface area (Å²) in [5.74, 6) is -0.215. The Morgan fingerprint density at radius 1 is 0.583 bits per heavy atom. The van der Waals surface area contributed by atoms with Crippen LogP contribution in [0.2, 0.25) is 0 Å². The van der Waals surface area contributed by atoms with Crippen LogP contribution in [0, 0.1) is 0 Å². The fraction of sp³-hybridized carbons (Fsp3) is 0.250. The Morgan fingerprint density at radius 2 is 1.12 bits per heavy atom. The van der Waals surface area contributed by atoms with Crippen LogP contribution in [0.15, 0.2) is 109 Å². The van der Waals surface area contributed by atoms with Gasteiger partial charge in [-0.25, -0.2) is 0 Å². The average molecular weight is 641 g/mol. The number of fused-ring (bicyclic) bond motifs is 2. The topological polar surface area (TPSA) is 108 Å². The van der Waals surface area contributed by atoms with Crippen molar-refractivity contribution >= 4 is 33.4 Å². The summed E-state index contributed by atoms with van der Waals surface area (Å²) >= 11 is 0. The lowest BCUT2D eigenvalue weighted by Gasteiger charge is -2.19. The zero-order valence-electron chi connectivity index (χ0n) is 27.9. The van der Waals surface area contributed by atoms with E-state index in [0.717, 1.165) is 48.4 Å². The molecule has 0 unspecified atom stereocenters. The molecule has 2 aromatic heterocycles. The van der Waals surface area contributed by atoms with Gasteiger partial charge in [-0.3, -0.25) is 19.6 Å². The summed E-state index contributed by atoms with van der Waals surface area (Å²) in [7, 11) is 0. The molecular weight excluding hydrogens is 596 g/mol. The number of carbonyl (C=O) groups excluding carboxylic acids is 2. The predicted octanol–water partition coefficient (Wildman–Crippen LogP) is 6.46. The van der Waals surface area contributed by atoms with Crippen molar-refractivity contribution in [3.63, 3.8) is 0 Å². The molecule has 4 N–H and O–H groups in total. The molecule has 0 saturated carbocycles. The number of rotatable bonds is 16. The number of benzene rings is 3. The van der Waals surface area contributed by atoms with Crippen molar-refractivity contribution in [2.75, 3.05) is 26.2 Å². The fourth-order valence-electron chi connectivity index (χ4n) is 5.74. The smallest absolute Gasteiger partial charge is 0.246 e. The van der Waals surface area contributed by atoms with Crippen molar-refractivity contribution in [1.29, 1.82) is 0 Å². The van der Waals surface area contributed by atoms with Crippen LogP contribution in [0.4, 0.5) is 0 Å². The van der Waals surface area contributed by atoms with Crippen LogP contribution in [0.3, 0.4) is 0 Å². The Bertz CT molecular complexity index is 1940. The number of pyridine rings is 2. The molecule has 0 saturated heterocycles. The molecule has 0 spiro atoms. The van der Waals surface area contributed by atoms with Gasteiger partial charge in [-0.15, -0.1) is 0 Å². The van der Waals surface area contributed by atoms with Crippen molar-refractivity contribution in [2.45, 2.75) is 39.8 Å². The van der Waals surface area contributed by atoms with E-state index in [-0.39, 0.29) is 11.8 Å². The van der Waals surface area contributed by atoms with Crippen LogP contribution in [0.5, 0.6) is 0 Å². The molecule has 0 aliphatic carbocycles. The summed E-state index contributed by atoms with van der Waals surface area (Å²) in [4.78, 5) is 32.8. The normalized spacial score (nSPS) is 11.0. The first-order valence-electron chi connectivity index (χ1n) is 16.5. The minimum Gasteiger partial charge on any atom is -0.352 e. The van der Waals surface area contributed by atoms with Gasteiger partial charge in [0.15, 0.2) is 0 Å². The second-order valence-corrected chi connectivity index (χ2v) is 12.0. The SMILES string of the molecule is C=C(C)C(=O)NCCCNCc1c2ccccc2c(CNCCCNC(=O)C(=C)C)c2cc(-c3ccnc(-c4ccccn4)c3)ccc12. The summed E-state index contributed by atoms with van der Waals surface area (Å²) in [5, 5.41) is 17.9. The Labute approximate surface area is 282 Å². The Kier molecular flexibility index (Phi) is 11.8. The first-order valence-corrected chi connectivity index (χ1v) is 16.5. The lowest BCUT2D eigenvalue weighted by molar-refractivity contribution is -0.118. The first kappa shape index (κ1) is 34.2. The highest BCUT2D eigenvalue weighted by atomic mass is 16.2. The Morgan fingerprint density at radius 3 is 1.71 bits per heavy atom. The number of carbonyl (C=O) groups is 2. The summed E-state index contributed by atoms with van der Waals surface area (Å²) in [6.45, 7) is 14.9. The van der Waals surface area contributed by atoms with Gasteiger partial charge in [0.25, 0.3) is 0 Å². The summed E-state index contributed by atoms with van der Waals surface area (Å²) in [6.07, 6.45) is 5.25. The molecule has 3 aromatic carbocycles. The van der Waals surface area contributed by atoms with Gasteiger partial charge >= 0.3 is 0 Å². The number of nitrogens with zero attached hydrogens (tertiary/aromatic N) is 2. The van der Waals surface area contributed by atoms with E-state index in [1.165, 1.54) is 32.7 Å². The number of aromatic nitrogens is 2. The van der Waals surface area contributed by atoms with Crippen molar-refractivity contribution in [1.82, 2.24) is 31.2 Å². The van der Waals surface area contributed by atoms with Gasteiger partial charge in [0, 0.05) is 49.7 Å². The molecule has 8 nitrogen and oxygen atoms in total. The molecule has 5 aromatic rings. The van der Waals surface area contributed by atoms with Gasteiger partial charge in [0.05, 0.1) is 11.4 Å². The fourth-order valence-corrected chi connectivity index (χ4v) is 5.74. The molecule has 5 rings (SSSR count). The van der Waals surface area contributed by atoms with E-state index in [1.807, 2.05) is 30.5 Å². The molecule has 2 amide bonds. The Hall–Kier alpha value is -5.18. The monoisotopic (exact) mass is 640 g/mol. The minimum atomic E-state index is -0.109. The molecule has 2 heterocycles. The number of hydrogen-bond acceptors (Lipinski definition) is 6. The maximum absolute atomic E-state index is 11.9. The van der Waals surface area contributed by atoms with Crippen molar-refractivity contribution < 1.29 is 9.59 Å². The summed E-state index contributed by atoms with van der Waals surface area (Å²) < 4.78 is 0. The van der Waals surface area contributed by atoms with Gasteiger partial charge < -0.3 is 21.3 Å². The first-order chi connectivity index (χ1) is 23.3. The maximum atomic E-state index is 11.9. The van der Waals surface area contributed by atoms with Crippen molar-refractivity contribution in [3.8, 4) is 22.5 Å². The van der Waals surface area contributed by atoms with Crippen LogP contribution >= 0.6 is 0 Å². The summed E-state index contributed by atoms with van der Waals surface area (Å²) in [6, 6.07) is 25.3. The molecule has 0 aliphatic heterocycles. The third-order valence-corrected chi connectivity index (χ3v) is 8.28. The van der Waals surface area contributed by atoms with Gasteiger partial charge in [0.1, 0.15) is 0 Å². The molecule has 0 atom stereocenters. The van der Waals surface area contributed by atoms with Gasteiger partial charge in [-0.05, 0) is 114 Å². The molecule has 0 bridgehead atoms. The third kappa shape index (κ3) is 8.59.